The average Bonchev–Trinajstić information content (AvgIpc) is 3.51. The molecule has 0 aliphatic heterocycles. The number of rotatable bonds is 9. The molecule has 194 valence electrons. The van der Waals surface area contributed by atoms with E-state index in [-0.39, 0.29) is 4.92 Å². The number of aryl methyl sites for hydroxylation is 1. The van der Waals surface area contributed by atoms with Crippen LogP contribution in [0.1, 0.15) is 29.9 Å². The van der Waals surface area contributed by atoms with Gasteiger partial charge in [-0.25, -0.2) is 0 Å². The van der Waals surface area contributed by atoms with Gasteiger partial charge in [-0.1, -0.05) is 48.5 Å². The Hall–Kier alpha value is -4.59. The molecule has 5 aromatic rings. The summed E-state index contributed by atoms with van der Waals surface area (Å²) in [5.74, 6) is -1.64. The number of carbonyl (C=O) groups is 1. The van der Waals surface area contributed by atoms with Crippen molar-refractivity contribution in [3.63, 3.8) is 0 Å². The third-order valence-corrected chi connectivity index (χ3v) is 7.20. The molecule has 3 aromatic carbocycles. The highest BCUT2D eigenvalue weighted by molar-refractivity contribution is 5.96. The number of nitrogens with one attached hydrogen (secondary N) is 1. The van der Waals surface area contributed by atoms with Crippen LogP contribution in [0.25, 0.3) is 33.1 Å². The Morgan fingerprint density at radius 1 is 1.03 bits per heavy atom. The molecule has 0 radical (unpaired) electrons. The van der Waals surface area contributed by atoms with Gasteiger partial charge >= 0.3 is 5.97 Å². The number of hydrogen-bond acceptors (Lipinski definition) is 5. The molecule has 0 aliphatic rings. The second-order valence-electron chi connectivity index (χ2n) is 9.17. The van der Waals surface area contributed by atoms with Gasteiger partial charge in [0.1, 0.15) is 5.75 Å². The monoisotopic (exact) mass is 511 g/mol. The Morgan fingerprint density at radius 3 is 2.45 bits per heavy atom. The molecule has 0 saturated carbocycles. The molecule has 8 nitrogen and oxygen atoms in total. The summed E-state index contributed by atoms with van der Waals surface area (Å²) < 4.78 is 13.0. The lowest BCUT2D eigenvalue weighted by molar-refractivity contribution is -0.483. The molecule has 2 aromatic heterocycles. The Bertz CT molecular complexity index is 1620. The highest BCUT2D eigenvalue weighted by Gasteiger charge is 2.40. The van der Waals surface area contributed by atoms with Gasteiger partial charge in [-0.2, -0.15) is 0 Å². The van der Waals surface area contributed by atoms with Gasteiger partial charge < -0.3 is 19.0 Å². The smallest absolute Gasteiger partial charge is 0.314 e. The van der Waals surface area contributed by atoms with E-state index in [1.54, 1.807) is 13.3 Å². The molecule has 0 fully saturated rings. The second kappa shape index (κ2) is 10.4. The van der Waals surface area contributed by atoms with Crippen molar-refractivity contribution >= 4 is 27.8 Å². The van der Waals surface area contributed by atoms with Gasteiger partial charge in [0.2, 0.25) is 6.54 Å². The van der Waals surface area contributed by atoms with Crippen molar-refractivity contribution in [1.82, 2.24) is 9.55 Å². The lowest BCUT2D eigenvalue weighted by atomic mass is 9.79. The maximum absolute atomic E-state index is 13.5. The quantitative estimate of drug-likeness (QED) is 0.146. The summed E-state index contributed by atoms with van der Waals surface area (Å²) >= 11 is 0. The molecule has 2 heterocycles. The molecule has 0 bridgehead atoms. The number of aromatic nitrogens is 2. The number of nitrogens with zero attached hydrogens (tertiary/aromatic N) is 2. The van der Waals surface area contributed by atoms with E-state index in [9.17, 15) is 14.9 Å². The standard InChI is InChI=1S/C30H29N3O5/c1-4-32-26-15-14-20(37-2)16-22(26)27(29(32)19-10-6-5-7-11-19)24(18-33(35)36)28(30(34)38-3)23-17-31-25-13-9-8-12-21(23)25/h5-17,24,28,31H,4,18H2,1-3H3. The third kappa shape index (κ3) is 4.28. The summed E-state index contributed by atoms with van der Waals surface area (Å²) in [6.45, 7) is 2.22. The Kier molecular flexibility index (Phi) is 6.87. The first-order chi connectivity index (χ1) is 18.5. The normalized spacial score (nSPS) is 12.9. The summed E-state index contributed by atoms with van der Waals surface area (Å²) in [6.07, 6.45) is 1.76. The van der Waals surface area contributed by atoms with E-state index < -0.39 is 24.3 Å². The zero-order valence-electron chi connectivity index (χ0n) is 21.5. The van der Waals surface area contributed by atoms with Crippen LogP contribution >= 0.6 is 0 Å². The van der Waals surface area contributed by atoms with Gasteiger partial charge in [-0.15, -0.1) is 0 Å². The van der Waals surface area contributed by atoms with Crippen molar-refractivity contribution in [3.05, 3.63) is 100 Å². The molecular formula is C30H29N3O5. The maximum atomic E-state index is 13.5. The minimum Gasteiger partial charge on any atom is -0.497 e. The van der Waals surface area contributed by atoms with Crippen LogP contribution in [0.3, 0.4) is 0 Å². The van der Waals surface area contributed by atoms with Crippen molar-refractivity contribution in [1.29, 1.82) is 0 Å². The first kappa shape index (κ1) is 25.1. The Morgan fingerprint density at radius 2 is 1.76 bits per heavy atom. The van der Waals surface area contributed by atoms with E-state index >= 15 is 0 Å². The molecule has 0 aliphatic carbocycles. The number of carbonyl (C=O) groups excluding carboxylic acids is 1. The predicted octanol–water partition coefficient (Wildman–Crippen LogP) is 6.14. The molecule has 0 saturated heterocycles. The molecule has 8 heteroatoms. The first-order valence-electron chi connectivity index (χ1n) is 12.5. The van der Waals surface area contributed by atoms with E-state index in [1.807, 2.05) is 79.7 Å². The number of benzene rings is 3. The SMILES string of the molecule is CCn1c(-c2ccccc2)c(C(C[N+](=O)[O-])C(C(=O)OC)c2c[nH]c3ccccc23)c2cc(OC)ccc21. The number of hydrogen-bond donors (Lipinski definition) is 1. The van der Waals surface area contributed by atoms with E-state index in [4.69, 9.17) is 9.47 Å². The van der Waals surface area contributed by atoms with Crippen LogP contribution in [-0.4, -0.2) is 41.2 Å². The number of nitro groups is 1. The van der Waals surface area contributed by atoms with Crippen molar-refractivity contribution in [3.8, 4) is 17.0 Å². The van der Waals surface area contributed by atoms with E-state index in [0.717, 1.165) is 38.6 Å². The minimum absolute atomic E-state index is 0.348. The van der Waals surface area contributed by atoms with Gasteiger partial charge in [-0.05, 0) is 47.9 Å². The van der Waals surface area contributed by atoms with Crippen LogP contribution in [0.5, 0.6) is 5.75 Å². The molecule has 0 spiro atoms. The Balaban J connectivity index is 1.89. The summed E-state index contributed by atoms with van der Waals surface area (Å²) in [5.41, 5.74) is 4.91. The van der Waals surface area contributed by atoms with Gasteiger partial charge in [-0.3, -0.25) is 14.9 Å². The van der Waals surface area contributed by atoms with Crippen molar-refractivity contribution in [2.75, 3.05) is 20.8 Å². The van der Waals surface area contributed by atoms with E-state index in [1.165, 1.54) is 7.11 Å². The number of esters is 1. The molecule has 38 heavy (non-hydrogen) atoms. The summed E-state index contributed by atoms with van der Waals surface area (Å²) in [5, 5.41) is 13.9. The third-order valence-electron chi connectivity index (χ3n) is 7.20. The minimum atomic E-state index is -0.925. The van der Waals surface area contributed by atoms with Gasteiger partial charge in [0.15, 0.2) is 0 Å². The van der Waals surface area contributed by atoms with Crippen molar-refractivity contribution < 1.29 is 19.2 Å². The zero-order valence-corrected chi connectivity index (χ0v) is 21.5. The summed E-state index contributed by atoms with van der Waals surface area (Å²) in [7, 11) is 2.91. The second-order valence-corrected chi connectivity index (χ2v) is 9.17. The fourth-order valence-corrected chi connectivity index (χ4v) is 5.61. The predicted molar refractivity (Wildman–Crippen MR) is 147 cm³/mol. The molecule has 2 unspecified atom stereocenters. The number of fused-ring (bicyclic) bond motifs is 2. The van der Waals surface area contributed by atoms with E-state index in [0.29, 0.717) is 17.9 Å². The molecule has 0 amide bonds. The number of para-hydroxylation sites is 1. The first-order valence-corrected chi connectivity index (χ1v) is 12.5. The number of ether oxygens (including phenoxy) is 2. The highest BCUT2D eigenvalue weighted by atomic mass is 16.6. The van der Waals surface area contributed by atoms with Crippen LogP contribution in [0.4, 0.5) is 0 Å². The van der Waals surface area contributed by atoms with Gasteiger partial charge in [0, 0.05) is 39.5 Å². The van der Waals surface area contributed by atoms with Crippen molar-refractivity contribution in [2.24, 2.45) is 0 Å². The fraction of sp³-hybridized carbons (Fsp3) is 0.233. The largest absolute Gasteiger partial charge is 0.497 e. The van der Waals surface area contributed by atoms with Crippen molar-refractivity contribution in [2.45, 2.75) is 25.3 Å². The van der Waals surface area contributed by atoms with Crippen LogP contribution in [0, 0.1) is 10.1 Å². The topological polar surface area (TPSA) is 99.4 Å². The number of H-pyrrole nitrogens is 1. The molecule has 1 N–H and O–H groups in total. The molecule has 5 rings (SSSR count). The van der Waals surface area contributed by atoms with Crippen LogP contribution in [-0.2, 0) is 16.1 Å². The average molecular weight is 512 g/mol. The Labute approximate surface area is 219 Å². The summed E-state index contributed by atoms with van der Waals surface area (Å²) in [4.78, 5) is 28.6. The number of methoxy groups -OCH3 is 2. The lowest BCUT2D eigenvalue weighted by Gasteiger charge is -2.24. The zero-order chi connectivity index (χ0) is 26.8. The molecule has 2 atom stereocenters. The summed E-state index contributed by atoms with van der Waals surface area (Å²) in [6, 6.07) is 23.2. The van der Waals surface area contributed by atoms with Crippen LogP contribution < -0.4 is 4.74 Å². The van der Waals surface area contributed by atoms with Crippen LogP contribution in [0.2, 0.25) is 0 Å². The maximum Gasteiger partial charge on any atom is 0.314 e. The van der Waals surface area contributed by atoms with E-state index in [2.05, 4.69) is 9.55 Å². The van der Waals surface area contributed by atoms with Gasteiger partial charge in [0.25, 0.3) is 0 Å². The van der Waals surface area contributed by atoms with Crippen LogP contribution in [0.15, 0.2) is 79.0 Å². The lowest BCUT2D eigenvalue weighted by Crippen LogP contribution is -2.27. The number of aromatic amines is 1. The van der Waals surface area contributed by atoms with Gasteiger partial charge in [0.05, 0.1) is 31.7 Å². The fourth-order valence-electron chi connectivity index (χ4n) is 5.61. The highest BCUT2D eigenvalue weighted by Crippen LogP contribution is 2.46. The molecular weight excluding hydrogens is 482 g/mol.